The normalized spacial score (nSPS) is 14.0. The SMILES string of the molecule is CCCCc1ccc(NC(=O)CCc2ccc(S(=O)(=O)NC3CC3)cc2)cc1. The molecule has 1 amide bonds. The Hall–Kier alpha value is -2.18. The van der Waals surface area contributed by atoms with Crippen molar-refractivity contribution in [3.63, 3.8) is 0 Å². The minimum Gasteiger partial charge on any atom is -0.326 e. The second-order valence-corrected chi connectivity index (χ2v) is 9.10. The highest BCUT2D eigenvalue weighted by Crippen LogP contribution is 2.22. The van der Waals surface area contributed by atoms with Crippen LogP contribution in [0.4, 0.5) is 5.69 Å². The van der Waals surface area contributed by atoms with Gasteiger partial charge in [0.2, 0.25) is 15.9 Å². The van der Waals surface area contributed by atoms with Gasteiger partial charge in [-0.2, -0.15) is 0 Å². The maximum Gasteiger partial charge on any atom is 0.240 e. The van der Waals surface area contributed by atoms with Crippen LogP contribution in [-0.2, 0) is 27.7 Å². The van der Waals surface area contributed by atoms with Gasteiger partial charge in [-0.25, -0.2) is 13.1 Å². The molecular formula is C22H28N2O3S. The minimum atomic E-state index is -3.42. The van der Waals surface area contributed by atoms with Gasteiger partial charge in [-0.15, -0.1) is 0 Å². The molecule has 1 fully saturated rings. The average Bonchev–Trinajstić information content (AvgIpc) is 3.49. The summed E-state index contributed by atoms with van der Waals surface area (Å²) in [6, 6.07) is 14.8. The number of unbranched alkanes of at least 4 members (excludes halogenated alkanes) is 1. The number of sulfonamides is 1. The molecule has 2 aromatic rings. The van der Waals surface area contributed by atoms with Crippen molar-refractivity contribution in [2.45, 2.75) is 62.8 Å². The predicted octanol–water partition coefficient (Wildman–Crippen LogP) is 4.04. The lowest BCUT2D eigenvalue weighted by Gasteiger charge is -2.08. The molecule has 0 spiro atoms. The first kappa shape index (κ1) is 20.6. The third kappa shape index (κ3) is 6.17. The van der Waals surface area contributed by atoms with Crippen molar-refractivity contribution < 1.29 is 13.2 Å². The molecule has 1 aliphatic carbocycles. The Morgan fingerprint density at radius 3 is 2.18 bits per heavy atom. The van der Waals surface area contributed by atoms with Crippen LogP contribution in [0.25, 0.3) is 0 Å². The highest BCUT2D eigenvalue weighted by Gasteiger charge is 2.27. The lowest BCUT2D eigenvalue weighted by molar-refractivity contribution is -0.116. The second-order valence-electron chi connectivity index (χ2n) is 7.39. The van der Waals surface area contributed by atoms with E-state index in [1.165, 1.54) is 18.4 Å². The molecule has 2 N–H and O–H groups in total. The van der Waals surface area contributed by atoms with Crippen molar-refractivity contribution in [2.24, 2.45) is 0 Å². The topological polar surface area (TPSA) is 75.3 Å². The summed E-state index contributed by atoms with van der Waals surface area (Å²) in [4.78, 5) is 12.5. The smallest absolute Gasteiger partial charge is 0.240 e. The predicted molar refractivity (Wildman–Crippen MR) is 112 cm³/mol. The number of rotatable bonds is 10. The molecule has 0 bridgehead atoms. The summed E-state index contributed by atoms with van der Waals surface area (Å²) in [7, 11) is -3.42. The molecule has 1 saturated carbocycles. The van der Waals surface area contributed by atoms with Crippen molar-refractivity contribution in [3.8, 4) is 0 Å². The number of benzene rings is 2. The quantitative estimate of drug-likeness (QED) is 0.632. The summed E-state index contributed by atoms with van der Waals surface area (Å²) in [5.74, 6) is -0.0478. The molecule has 3 rings (SSSR count). The summed E-state index contributed by atoms with van der Waals surface area (Å²) >= 11 is 0. The fourth-order valence-electron chi connectivity index (χ4n) is 2.94. The first-order valence-corrected chi connectivity index (χ1v) is 11.4. The Labute approximate surface area is 167 Å². The van der Waals surface area contributed by atoms with Crippen molar-refractivity contribution >= 4 is 21.6 Å². The fraction of sp³-hybridized carbons (Fsp3) is 0.409. The van der Waals surface area contributed by atoms with Crippen LogP contribution >= 0.6 is 0 Å². The molecule has 0 heterocycles. The maximum atomic E-state index is 12.2. The molecule has 2 aromatic carbocycles. The van der Waals surface area contributed by atoms with Gasteiger partial charge in [-0.3, -0.25) is 4.79 Å². The minimum absolute atomic E-state index is 0.0478. The summed E-state index contributed by atoms with van der Waals surface area (Å²) in [5.41, 5.74) is 3.03. The van der Waals surface area contributed by atoms with Crippen LogP contribution in [0.5, 0.6) is 0 Å². The molecule has 0 aromatic heterocycles. The Morgan fingerprint density at radius 2 is 1.57 bits per heavy atom. The highest BCUT2D eigenvalue weighted by molar-refractivity contribution is 7.89. The largest absolute Gasteiger partial charge is 0.326 e. The van der Waals surface area contributed by atoms with Crippen molar-refractivity contribution in [2.75, 3.05) is 5.32 Å². The first-order valence-electron chi connectivity index (χ1n) is 9.96. The van der Waals surface area contributed by atoms with E-state index in [4.69, 9.17) is 0 Å². The molecule has 0 atom stereocenters. The number of nitrogens with one attached hydrogen (secondary N) is 2. The molecule has 28 heavy (non-hydrogen) atoms. The summed E-state index contributed by atoms with van der Waals surface area (Å²) < 4.78 is 27.0. The molecule has 6 heteroatoms. The monoisotopic (exact) mass is 400 g/mol. The van der Waals surface area contributed by atoms with Gasteiger partial charge >= 0.3 is 0 Å². The van der Waals surface area contributed by atoms with E-state index in [0.29, 0.717) is 12.8 Å². The molecule has 0 saturated heterocycles. The molecule has 150 valence electrons. The van der Waals surface area contributed by atoms with Gasteiger partial charge in [-0.05, 0) is 67.5 Å². The van der Waals surface area contributed by atoms with Gasteiger partial charge < -0.3 is 5.32 Å². The summed E-state index contributed by atoms with van der Waals surface area (Å²) in [6.45, 7) is 2.17. The van der Waals surface area contributed by atoms with Crippen LogP contribution in [-0.4, -0.2) is 20.4 Å². The van der Waals surface area contributed by atoms with Gasteiger partial charge in [-0.1, -0.05) is 37.6 Å². The van der Waals surface area contributed by atoms with Crippen LogP contribution < -0.4 is 10.0 Å². The number of hydrogen-bond acceptors (Lipinski definition) is 3. The van der Waals surface area contributed by atoms with Crippen LogP contribution in [0.2, 0.25) is 0 Å². The molecule has 1 aliphatic rings. The number of hydrogen-bond donors (Lipinski definition) is 2. The zero-order chi connectivity index (χ0) is 20.0. The number of carbonyl (C=O) groups is 1. The number of amides is 1. The van der Waals surface area contributed by atoms with Crippen LogP contribution in [0.3, 0.4) is 0 Å². The van der Waals surface area contributed by atoms with Crippen LogP contribution in [0, 0.1) is 0 Å². The van der Waals surface area contributed by atoms with Gasteiger partial charge in [0.25, 0.3) is 0 Å². The van der Waals surface area contributed by atoms with Gasteiger partial charge in [0, 0.05) is 18.2 Å². The third-order valence-electron chi connectivity index (χ3n) is 4.83. The molecule has 0 radical (unpaired) electrons. The highest BCUT2D eigenvalue weighted by atomic mass is 32.2. The Morgan fingerprint density at radius 1 is 0.964 bits per heavy atom. The summed E-state index contributed by atoms with van der Waals surface area (Å²) in [6.07, 6.45) is 6.14. The second kappa shape index (κ2) is 9.34. The third-order valence-corrected chi connectivity index (χ3v) is 6.37. The van der Waals surface area contributed by atoms with Crippen molar-refractivity contribution in [3.05, 3.63) is 59.7 Å². The number of anilines is 1. The Kier molecular flexibility index (Phi) is 6.86. The first-order chi connectivity index (χ1) is 13.5. The molecular weight excluding hydrogens is 372 g/mol. The number of aryl methyl sites for hydroxylation is 2. The van der Waals surface area contributed by atoms with Gasteiger partial charge in [0.05, 0.1) is 4.90 Å². The Bertz CT molecular complexity index is 886. The van der Waals surface area contributed by atoms with E-state index in [-0.39, 0.29) is 16.8 Å². The van der Waals surface area contributed by atoms with Gasteiger partial charge in [0.1, 0.15) is 0 Å². The van der Waals surface area contributed by atoms with E-state index >= 15 is 0 Å². The van der Waals surface area contributed by atoms with Crippen LogP contribution in [0.1, 0.15) is 50.2 Å². The molecule has 0 unspecified atom stereocenters. The van der Waals surface area contributed by atoms with E-state index in [1.807, 2.05) is 12.1 Å². The van der Waals surface area contributed by atoms with E-state index < -0.39 is 10.0 Å². The standard InChI is InChI=1S/C22H28N2O3S/c1-2-3-4-17-5-10-19(11-6-17)23-22(25)16-9-18-7-14-21(15-8-18)28(26,27)24-20-12-13-20/h5-8,10-11,14-15,20,24H,2-4,9,12-13,16H2,1H3,(H,23,25). The number of carbonyl (C=O) groups excluding carboxylic acids is 1. The molecule has 5 nitrogen and oxygen atoms in total. The lowest BCUT2D eigenvalue weighted by Crippen LogP contribution is -2.25. The molecule has 0 aliphatic heterocycles. The Balaban J connectivity index is 1.47. The van der Waals surface area contributed by atoms with E-state index in [9.17, 15) is 13.2 Å². The lowest BCUT2D eigenvalue weighted by atomic mass is 10.1. The average molecular weight is 401 g/mol. The zero-order valence-corrected chi connectivity index (χ0v) is 17.1. The van der Waals surface area contributed by atoms with Gasteiger partial charge in [0.15, 0.2) is 0 Å². The van der Waals surface area contributed by atoms with E-state index in [2.05, 4.69) is 29.1 Å². The fourth-order valence-corrected chi connectivity index (χ4v) is 4.25. The van der Waals surface area contributed by atoms with Crippen molar-refractivity contribution in [1.29, 1.82) is 0 Å². The van der Waals surface area contributed by atoms with Crippen LogP contribution in [0.15, 0.2) is 53.4 Å². The zero-order valence-electron chi connectivity index (χ0n) is 16.3. The maximum absolute atomic E-state index is 12.2. The summed E-state index contributed by atoms with van der Waals surface area (Å²) in [5, 5.41) is 2.91. The van der Waals surface area contributed by atoms with E-state index in [1.54, 1.807) is 24.3 Å². The van der Waals surface area contributed by atoms with Crippen molar-refractivity contribution in [1.82, 2.24) is 4.72 Å². The van der Waals surface area contributed by atoms with E-state index in [0.717, 1.165) is 30.5 Å².